The molecule has 96 valence electrons. The van der Waals surface area contributed by atoms with E-state index in [4.69, 9.17) is 16.1 Å². The van der Waals surface area contributed by atoms with E-state index in [9.17, 15) is 0 Å². The first-order chi connectivity index (χ1) is 8.74. The second-order valence-corrected chi connectivity index (χ2v) is 5.25. The summed E-state index contributed by atoms with van der Waals surface area (Å²) in [5.74, 6) is 2.17. The summed E-state index contributed by atoms with van der Waals surface area (Å²) in [6, 6.07) is 0. The number of aromatic amines is 1. The molecule has 0 aromatic carbocycles. The summed E-state index contributed by atoms with van der Waals surface area (Å²) in [7, 11) is 0. The summed E-state index contributed by atoms with van der Waals surface area (Å²) in [5.41, 5.74) is 0.440. The summed E-state index contributed by atoms with van der Waals surface area (Å²) < 4.78 is 5.33. The maximum absolute atomic E-state index is 5.87. The Kier molecular flexibility index (Phi) is 3.03. The van der Waals surface area contributed by atoms with Crippen molar-refractivity contribution in [2.45, 2.75) is 38.5 Å². The molecule has 1 fully saturated rings. The predicted octanol–water partition coefficient (Wildman–Crippen LogP) is 2.80. The summed E-state index contributed by atoms with van der Waals surface area (Å²) in [6.45, 7) is 2.26. The molecule has 2 atom stereocenters. The van der Waals surface area contributed by atoms with Crippen LogP contribution in [0.1, 0.15) is 44.4 Å². The second-order valence-electron chi connectivity index (χ2n) is 4.89. The van der Waals surface area contributed by atoms with Crippen molar-refractivity contribution in [3.05, 3.63) is 11.0 Å². The molecule has 1 aliphatic carbocycles. The Morgan fingerprint density at radius 3 is 2.94 bits per heavy atom. The Bertz CT molecular complexity index is 537. The molecule has 6 nitrogen and oxygen atoms in total. The van der Waals surface area contributed by atoms with E-state index < -0.39 is 0 Å². The van der Waals surface area contributed by atoms with E-state index >= 15 is 0 Å². The van der Waals surface area contributed by atoms with Gasteiger partial charge >= 0.3 is 0 Å². The number of nitrogens with one attached hydrogen (secondary N) is 1. The normalized spacial score (nSPS) is 24.3. The molecule has 1 aliphatic rings. The largest absolute Gasteiger partial charge is 0.339 e. The lowest BCUT2D eigenvalue weighted by atomic mass is 9.82. The monoisotopic (exact) mass is 267 g/mol. The zero-order chi connectivity index (χ0) is 12.5. The Morgan fingerprint density at radius 1 is 1.33 bits per heavy atom. The highest BCUT2D eigenvalue weighted by Gasteiger charge is 2.26. The van der Waals surface area contributed by atoms with Crippen LogP contribution in [0.5, 0.6) is 0 Å². The molecule has 0 saturated heterocycles. The molecule has 0 amide bonds. The third-order valence-corrected chi connectivity index (χ3v) is 3.71. The van der Waals surface area contributed by atoms with Gasteiger partial charge in [-0.15, -0.1) is 5.10 Å². The average Bonchev–Trinajstić information content (AvgIpc) is 2.97. The molecule has 1 saturated carbocycles. The first-order valence-corrected chi connectivity index (χ1v) is 6.52. The summed E-state index contributed by atoms with van der Waals surface area (Å²) in [4.78, 5) is 4.39. The SMILES string of the molecule is CC1CCCC(c2nc(-c3n[nH]nc3Cl)no2)C1. The average molecular weight is 268 g/mol. The Hall–Kier alpha value is -1.43. The van der Waals surface area contributed by atoms with Crippen molar-refractivity contribution in [2.75, 3.05) is 0 Å². The smallest absolute Gasteiger partial charge is 0.230 e. The highest BCUT2D eigenvalue weighted by molar-refractivity contribution is 6.31. The van der Waals surface area contributed by atoms with Gasteiger partial charge in [0.25, 0.3) is 0 Å². The Labute approximate surface area is 109 Å². The molecule has 0 spiro atoms. The second kappa shape index (κ2) is 4.68. The number of rotatable bonds is 2. The fourth-order valence-electron chi connectivity index (χ4n) is 2.52. The minimum absolute atomic E-state index is 0.263. The van der Waals surface area contributed by atoms with Crippen LogP contribution in [0.25, 0.3) is 11.5 Å². The molecular formula is C11H14ClN5O. The van der Waals surface area contributed by atoms with Crippen molar-refractivity contribution in [2.24, 2.45) is 5.92 Å². The van der Waals surface area contributed by atoms with E-state index in [1.165, 1.54) is 12.8 Å². The number of hydrogen-bond acceptors (Lipinski definition) is 5. The summed E-state index contributed by atoms with van der Waals surface area (Å²) in [6.07, 6.45) is 4.72. The molecule has 0 radical (unpaired) electrons. The lowest BCUT2D eigenvalue weighted by molar-refractivity contribution is 0.276. The fourth-order valence-corrected chi connectivity index (χ4v) is 2.68. The highest BCUT2D eigenvalue weighted by atomic mass is 35.5. The molecule has 2 heterocycles. The van der Waals surface area contributed by atoms with Crippen molar-refractivity contribution in [3.8, 4) is 11.5 Å². The van der Waals surface area contributed by atoms with Gasteiger partial charge in [-0.2, -0.15) is 15.3 Å². The maximum Gasteiger partial charge on any atom is 0.230 e. The minimum atomic E-state index is 0.263. The van der Waals surface area contributed by atoms with Crippen LogP contribution in [0.15, 0.2) is 4.52 Å². The number of halogens is 1. The van der Waals surface area contributed by atoms with Crippen LogP contribution >= 0.6 is 11.6 Å². The first kappa shape index (κ1) is 11.6. The van der Waals surface area contributed by atoms with Crippen molar-refractivity contribution < 1.29 is 4.52 Å². The molecular weight excluding hydrogens is 254 g/mol. The molecule has 3 rings (SSSR count). The zero-order valence-electron chi connectivity index (χ0n) is 10.1. The van der Waals surface area contributed by atoms with E-state index in [2.05, 4.69) is 32.5 Å². The van der Waals surface area contributed by atoms with Crippen molar-refractivity contribution in [1.29, 1.82) is 0 Å². The number of aromatic nitrogens is 5. The Balaban J connectivity index is 1.83. The fraction of sp³-hybridized carbons (Fsp3) is 0.636. The van der Waals surface area contributed by atoms with Crippen LogP contribution in [-0.2, 0) is 0 Å². The molecule has 1 N–H and O–H groups in total. The lowest BCUT2D eigenvalue weighted by Gasteiger charge is -2.23. The zero-order valence-corrected chi connectivity index (χ0v) is 10.8. The van der Waals surface area contributed by atoms with Crippen molar-refractivity contribution >= 4 is 11.6 Å². The number of hydrogen-bond donors (Lipinski definition) is 1. The molecule has 0 aliphatic heterocycles. The van der Waals surface area contributed by atoms with Crippen LogP contribution < -0.4 is 0 Å². The predicted molar refractivity (Wildman–Crippen MR) is 65.1 cm³/mol. The van der Waals surface area contributed by atoms with Gasteiger partial charge in [-0.3, -0.25) is 0 Å². The van der Waals surface area contributed by atoms with Crippen LogP contribution in [-0.4, -0.2) is 25.6 Å². The van der Waals surface area contributed by atoms with Crippen LogP contribution in [0.2, 0.25) is 5.15 Å². The molecule has 2 aromatic heterocycles. The number of nitrogens with zero attached hydrogens (tertiary/aromatic N) is 4. The minimum Gasteiger partial charge on any atom is -0.339 e. The van der Waals surface area contributed by atoms with Crippen molar-refractivity contribution in [3.63, 3.8) is 0 Å². The highest BCUT2D eigenvalue weighted by Crippen LogP contribution is 2.35. The molecule has 7 heteroatoms. The van der Waals surface area contributed by atoms with E-state index in [0.717, 1.165) is 18.8 Å². The van der Waals surface area contributed by atoms with E-state index in [0.29, 0.717) is 23.3 Å². The van der Waals surface area contributed by atoms with E-state index in [1.807, 2.05) is 0 Å². The van der Waals surface area contributed by atoms with Gasteiger partial charge in [0.1, 0.15) is 0 Å². The lowest BCUT2D eigenvalue weighted by Crippen LogP contribution is -2.11. The van der Waals surface area contributed by atoms with Gasteiger partial charge in [0, 0.05) is 5.92 Å². The first-order valence-electron chi connectivity index (χ1n) is 6.14. The van der Waals surface area contributed by atoms with E-state index in [-0.39, 0.29) is 5.15 Å². The van der Waals surface area contributed by atoms with Gasteiger partial charge in [0.15, 0.2) is 10.8 Å². The summed E-state index contributed by atoms with van der Waals surface area (Å²) >= 11 is 5.87. The molecule has 2 aromatic rings. The summed E-state index contributed by atoms with van der Waals surface area (Å²) in [5, 5.41) is 14.3. The number of H-pyrrole nitrogens is 1. The van der Waals surface area contributed by atoms with Crippen LogP contribution in [0, 0.1) is 5.92 Å². The van der Waals surface area contributed by atoms with Crippen molar-refractivity contribution in [1.82, 2.24) is 25.6 Å². The van der Waals surface area contributed by atoms with Gasteiger partial charge in [-0.1, -0.05) is 36.5 Å². The Morgan fingerprint density at radius 2 is 2.22 bits per heavy atom. The maximum atomic E-state index is 5.87. The molecule has 0 bridgehead atoms. The van der Waals surface area contributed by atoms with Gasteiger partial charge in [0.2, 0.25) is 11.7 Å². The van der Waals surface area contributed by atoms with Gasteiger partial charge in [0.05, 0.1) is 0 Å². The molecule has 2 unspecified atom stereocenters. The molecule has 18 heavy (non-hydrogen) atoms. The third kappa shape index (κ3) is 2.12. The third-order valence-electron chi connectivity index (χ3n) is 3.44. The topological polar surface area (TPSA) is 80.5 Å². The quantitative estimate of drug-likeness (QED) is 0.905. The standard InChI is InChI=1S/C11H14ClN5O/c1-6-3-2-4-7(5-6)11-13-10(16-18-11)8-9(12)15-17-14-8/h6-7H,2-5H2,1H3,(H,14,15,17). The van der Waals surface area contributed by atoms with Gasteiger partial charge < -0.3 is 4.52 Å². The van der Waals surface area contributed by atoms with Crippen LogP contribution in [0.3, 0.4) is 0 Å². The van der Waals surface area contributed by atoms with Crippen LogP contribution in [0.4, 0.5) is 0 Å². The van der Waals surface area contributed by atoms with E-state index in [1.54, 1.807) is 0 Å². The van der Waals surface area contributed by atoms with Gasteiger partial charge in [-0.05, 0) is 18.8 Å². The van der Waals surface area contributed by atoms with Gasteiger partial charge in [-0.25, -0.2) is 0 Å².